The van der Waals surface area contributed by atoms with E-state index in [1.807, 2.05) is 0 Å². The van der Waals surface area contributed by atoms with Crippen molar-refractivity contribution in [1.82, 2.24) is 0 Å². The summed E-state index contributed by atoms with van der Waals surface area (Å²) in [5, 5.41) is 0. The fourth-order valence-corrected chi connectivity index (χ4v) is 1.28. The van der Waals surface area contributed by atoms with Gasteiger partial charge < -0.3 is 0 Å². The molecule has 0 aliphatic heterocycles. The maximum atomic E-state index is 3.21. The molecule has 0 unspecified atom stereocenters. The second-order valence-corrected chi connectivity index (χ2v) is 3.39. The maximum absolute atomic E-state index is 3.21. The van der Waals surface area contributed by atoms with Crippen LogP contribution in [0, 0.1) is 0 Å². The van der Waals surface area contributed by atoms with E-state index in [-0.39, 0.29) is 0 Å². The Bertz CT molecular complexity index is 289. The molecule has 14 heavy (non-hydrogen) atoms. The lowest BCUT2D eigenvalue weighted by atomic mass is 10.1. The second kappa shape index (κ2) is 7.17. The Hall–Kier alpha value is -1.26. The molecule has 74 valence electrons. The van der Waals surface area contributed by atoms with Gasteiger partial charge in [-0.1, -0.05) is 43.7 Å². The van der Waals surface area contributed by atoms with Crippen LogP contribution in [0.15, 0.2) is 48.2 Å². The zero-order valence-corrected chi connectivity index (χ0v) is 8.87. The SMILES string of the molecule is CCCC=C=CCCc1ccccc1. The minimum Gasteiger partial charge on any atom is -0.130 e. The Morgan fingerprint density at radius 3 is 2.50 bits per heavy atom. The predicted octanol–water partition coefficient (Wildman–Crippen LogP) is 4.13. The highest BCUT2D eigenvalue weighted by Crippen LogP contribution is 2.02. The van der Waals surface area contributed by atoms with Gasteiger partial charge in [0.05, 0.1) is 0 Å². The summed E-state index contributed by atoms with van der Waals surface area (Å²) in [5.41, 5.74) is 4.61. The summed E-state index contributed by atoms with van der Waals surface area (Å²) in [4.78, 5) is 0. The zero-order chi connectivity index (χ0) is 10.1. The molecule has 1 aromatic rings. The summed E-state index contributed by atoms with van der Waals surface area (Å²) < 4.78 is 0. The summed E-state index contributed by atoms with van der Waals surface area (Å²) in [6.45, 7) is 2.18. The van der Waals surface area contributed by atoms with Crippen LogP contribution in [0.4, 0.5) is 0 Å². The van der Waals surface area contributed by atoms with E-state index in [9.17, 15) is 0 Å². The Labute approximate surface area is 87.0 Å². The van der Waals surface area contributed by atoms with Crippen molar-refractivity contribution >= 4 is 0 Å². The molecule has 0 spiro atoms. The van der Waals surface area contributed by atoms with Crippen LogP contribution in [-0.2, 0) is 6.42 Å². The quantitative estimate of drug-likeness (QED) is 0.606. The molecule has 0 radical (unpaired) electrons. The lowest BCUT2D eigenvalue weighted by Gasteiger charge is -1.94. The molecule has 1 aromatic carbocycles. The van der Waals surface area contributed by atoms with Gasteiger partial charge in [-0.05, 0) is 37.0 Å². The summed E-state index contributed by atoms with van der Waals surface area (Å²) in [7, 11) is 0. The molecule has 0 aliphatic rings. The van der Waals surface area contributed by atoms with Gasteiger partial charge in [-0.3, -0.25) is 0 Å². The molecule has 0 atom stereocenters. The first-order valence-electron chi connectivity index (χ1n) is 5.37. The van der Waals surface area contributed by atoms with Crippen LogP contribution < -0.4 is 0 Å². The number of unbranched alkanes of at least 4 members (excludes halogenated alkanes) is 1. The van der Waals surface area contributed by atoms with Crippen LogP contribution in [0.1, 0.15) is 31.7 Å². The van der Waals surface area contributed by atoms with Crippen molar-refractivity contribution < 1.29 is 0 Å². The monoisotopic (exact) mass is 186 g/mol. The van der Waals surface area contributed by atoms with Crippen LogP contribution in [0.3, 0.4) is 0 Å². The van der Waals surface area contributed by atoms with Crippen molar-refractivity contribution in [3.63, 3.8) is 0 Å². The topological polar surface area (TPSA) is 0 Å². The molecule has 0 fully saturated rings. The summed E-state index contributed by atoms with van der Waals surface area (Å²) >= 11 is 0. The second-order valence-electron chi connectivity index (χ2n) is 3.39. The maximum Gasteiger partial charge on any atom is -0.0234 e. The highest BCUT2D eigenvalue weighted by molar-refractivity contribution is 5.15. The molecule has 0 saturated carbocycles. The number of allylic oxidation sites excluding steroid dienone is 1. The van der Waals surface area contributed by atoms with E-state index >= 15 is 0 Å². The lowest BCUT2D eigenvalue weighted by molar-refractivity contribution is 0.957. The van der Waals surface area contributed by atoms with Crippen molar-refractivity contribution in [1.29, 1.82) is 0 Å². The van der Waals surface area contributed by atoms with Gasteiger partial charge in [0.25, 0.3) is 0 Å². The van der Waals surface area contributed by atoms with Crippen molar-refractivity contribution in [2.45, 2.75) is 32.6 Å². The highest BCUT2D eigenvalue weighted by atomic mass is 13.9. The number of benzene rings is 1. The van der Waals surface area contributed by atoms with E-state index in [0.29, 0.717) is 0 Å². The first-order valence-corrected chi connectivity index (χ1v) is 5.37. The molecular formula is C14H18. The van der Waals surface area contributed by atoms with Gasteiger partial charge >= 0.3 is 0 Å². The van der Waals surface area contributed by atoms with E-state index in [1.54, 1.807) is 0 Å². The van der Waals surface area contributed by atoms with E-state index in [0.717, 1.165) is 19.3 Å². The lowest BCUT2D eigenvalue weighted by Crippen LogP contribution is -1.80. The van der Waals surface area contributed by atoms with Crippen LogP contribution >= 0.6 is 0 Å². The minimum atomic E-state index is 1.09. The Morgan fingerprint density at radius 2 is 1.79 bits per heavy atom. The van der Waals surface area contributed by atoms with Crippen molar-refractivity contribution in [3.8, 4) is 0 Å². The normalized spacial score (nSPS) is 9.21. The third-order valence-electron chi connectivity index (χ3n) is 2.09. The Balaban J connectivity index is 2.25. The summed E-state index contributed by atoms with van der Waals surface area (Å²) in [5.74, 6) is 0. The minimum absolute atomic E-state index is 1.09. The summed E-state index contributed by atoms with van der Waals surface area (Å²) in [6, 6.07) is 10.6. The van der Waals surface area contributed by atoms with Gasteiger partial charge in [0.15, 0.2) is 0 Å². The average molecular weight is 186 g/mol. The molecule has 1 rings (SSSR count). The van der Waals surface area contributed by atoms with Crippen LogP contribution in [-0.4, -0.2) is 0 Å². The number of rotatable bonds is 5. The number of hydrogen-bond donors (Lipinski definition) is 0. The standard InChI is InChI=1S/C14H18/c1-2-3-4-5-6-8-11-14-12-9-7-10-13-14/h4,6-7,9-10,12-13H,2-3,8,11H2,1H3. The zero-order valence-electron chi connectivity index (χ0n) is 8.87. The van der Waals surface area contributed by atoms with Gasteiger partial charge in [0.2, 0.25) is 0 Å². The molecule has 0 N–H and O–H groups in total. The Morgan fingerprint density at radius 1 is 1.07 bits per heavy atom. The smallest absolute Gasteiger partial charge is 0.0234 e. The number of aryl methyl sites for hydroxylation is 1. The van der Waals surface area contributed by atoms with Crippen molar-refractivity contribution in [2.24, 2.45) is 0 Å². The molecule has 0 aromatic heterocycles. The average Bonchev–Trinajstić information content (AvgIpc) is 2.25. The summed E-state index contributed by atoms with van der Waals surface area (Å²) in [6.07, 6.45) is 8.80. The molecule has 0 saturated heterocycles. The highest BCUT2D eigenvalue weighted by Gasteiger charge is 1.86. The predicted molar refractivity (Wildman–Crippen MR) is 62.3 cm³/mol. The third-order valence-corrected chi connectivity index (χ3v) is 2.09. The van der Waals surface area contributed by atoms with E-state index in [2.05, 4.69) is 55.1 Å². The first-order chi connectivity index (χ1) is 6.93. The molecule has 0 heterocycles. The fourth-order valence-electron chi connectivity index (χ4n) is 1.28. The Kier molecular flexibility index (Phi) is 5.54. The van der Waals surface area contributed by atoms with Gasteiger partial charge in [0.1, 0.15) is 0 Å². The van der Waals surface area contributed by atoms with Gasteiger partial charge in [0, 0.05) is 0 Å². The molecule has 0 nitrogen and oxygen atoms in total. The van der Waals surface area contributed by atoms with Gasteiger partial charge in [-0.15, -0.1) is 5.73 Å². The third kappa shape index (κ3) is 4.69. The van der Waals surface area contributed by atoms with Crippen LogP contribution in [0.25, 0.3) is 0 Å². The molecule has 0 aliphatic carbocycles. The van der Waals surface area contributed by atoms with Crippen molar-refractivity contribution in [2.75, 3.05) is 0 Å². The van der Waals surface area contributed by atoms with E-state index < -0.39 is 0 Å². The van der Waals surface area contributed by atoms with Crippen LogP contribution in [0.5, 0.6) is 0 Å². The van der Waals surface area contributed by atoms with E-state index in [1.165, 1.54) is 12.0 Å². The fraction of sp³-hybridized carbons (Fsp3) is 0.357. The molecule has 0 heteroatoms. The number of hydrogen-bond acceptors (Lipinski definition) is 0. The van der Waals surface area contributed by atoms with E-state index in [4.69, 9.17) is 0 Å². The van der Waals surface area contributed by atoms with Gasteiger partial charge in [-0.2, -0.15) is 0 Å². The van der Waals surface area contributed by atoms with Crippen molar-refractivity contribution in [3.05, 3.63) is 53.8 Å². The molecular weight excluding hydrogens is 168 g/mol. The molecule has 0 amide bonds. The largest absolute Gasteiger partial charge is 0.130 e. The first kappa shape index (κ1) is 10.8. The van der Waals surface area contributed by atoms with Crippen LogP contribution in [0.2, 0.25) is 0 Å². The molecule has 0 bridgehead atoms. The van der Waals surface area contributed by atoms with Gasteiger partial charge in [-0.25, -0.2) is 0 Å².